The van der Waals surface area contributed by atoms with Crippen LogP contribution in [0.15, 0.2) is 30.3 Å². The van der Waals surface area contributed by atoms with Gasteiger partial charge in [-0.05, 0) is 64.0 Å². The van der Waals surface area contributed by atoms with Crippen LogP contribution in [0.2, 0.25) is 0 Å². The van der Waals surface area contributed by atoms with E-state index in [1.54, 1.807) is 0 Å². The highest BCUT2D eigenvalue weighted by Crippen LogP contribution is 2.26. The van der Waals surface area contributed by atoms with Gasteiger partial charge in [0, 0.05) is 18.9 Å². The number of amides is 4. The van der Waals surface area contributed by atoms with Gasteiger partial charge in [0.2, 0.25) is 23.6 Å². The van der Waals surface area contributed by atoms with Crippen LogP contribution in [0, 0.1) is 5.92 Å². The molecule has 1 saturated carbocycles. The lowest BCUT2D eigenvalue weighted by Crippen LogP contribution is -2.58. The second-order valence-corrected chi connectivity index (χ2v) is 10.5. The van der Waals surface area contributed by atoms with Gasteiger partial charge in [0.1, 0.15) is 24.2 Å². The van der Waals surface area contributed by atoms with E-state index in [1.165, 1.54) is 11.8 Å². The summed E-state index contributed by atoms with van der Waals surface area (Å²) < 4.78 is 0. The predicted octanol–water partition coefficient (Wildman–Crippen LogP) is 0.708. The lowest BCUT2D eigenvalue weighted by molar-refractivity contribution is -0.149. The molecule has 3 rings (SSSR count). The van der Waals surface area contributed by atoms with E-state index in [0.29, 0.717) is 45.2 Å². The average molecular weight is 544 g/mol. The van der Waals surface area contributed by atoms with Gasteiger partial charge in [-0.3, -0.25) is 19.2 Å². The van der Waals surface area contributed by atoms with Gasteiger partial charge in [-0.1, -0.05) is 36.8 Å². The zero-order valence-corrected chi connectivity index (χ0v) is 22.6. The number of hydrogen-bond donors (Lipinski definition) is 5. The van der Waals surface area contributed by atoms with Crippen LogP contribution in [0.3, 0.4) is 0 Å². The van der Waals surface area contributed by atoms with Gasteiger partial charge in [0.25, 0.3) is 0 Å². The molecule has 0 unspecified atom stereocenters. The molecule has 39 heavy (non-hydrogen) atoms. The van der Waals surface area contributed by atoms with Gasteiger partial charge >= 0.3 is 5.97 Å². The van der Waals surface area contributed by atoms with Crippen molar-refractivity contribution in [2.24, 2.45) is 11.7 Å². The maximum absolute atomic E-state index is 13.4. The number of carbonyl (C=O) groups excluding carboxylic acids is 4. The number of nitrogens with one attached hydrogen (secondary N) is 3. The second kappa shape index (κ2) is 14.6. The van der Waals surface area contributed by atoms with Crippen molar-refractivity contribution >= 4 is 29.6 Å². The van der Waals surface area contributed by atoms with Crippen molar-refractivity contribution in [1.82, 2.24) is 20.9 Å². The molecule has 6 N–H and O–H groups in total. The number of carboxylic acids is 1. The highest BCUT2D eigenvalue weighted by Gasteiger charge is 2.37. The van der Waals surface area contributed by atoms with Gasteiger partial charge in [0.15, 0.2) is 0 Å². The monoisotopic (exact) mass is 543 g/mol. The van der Waals surface area contributed by atoms with E-state index in [2.05, 4.69) is 16.0 Å². The molecule has 2 fully saturated rings. The van der Waals surface area contributed by atoms with E-state index >= 15 is 0 Å². The molecule has 0 radical (unpaired) electrons. The zero-order chi connectivity index (χ0) is 28.4. The maximum Gasteiger partial charge on any atom is 0.326 e. The lowest BCUT2D eigenvalue weighted by Gasteiger charge is -2.29. The van der Waals surface area contributed by atoms with E-state index in [1.807, 2.05) is 30.3 Å². The largest absolute Gasteiger partial charge is 0.480 e. The first kappa shape index (κ1) is 30.1. The molecular formula is C28H41N5O6. The Balaban J connectivity index is 1.71. The summed E-state index contributed by atoms with van der Waals surface area (Å²) in [7, 11) is 0. The summed E-state index contributed by atoms with van der Waals surface area (Å²) in [5.74, 6) is -2.84. The standard InChI is InChI=1S/C28H41N5O6/c1-18(27(37)33-16-8-14-23(33)28(38)39)30-26(36)22(17-19-9-3-2-4-10-19)32-25(35)21(13-5-6-15-29)31-24(34)20-11-7-12-20/h2-4,9-10,18,20-23H,5-8,11-17,29H2,1H3,(H,30,36)(H,31,34)(H,32,35)(H,38,39)/t18-,21-,22-,23+/m0/s1. The third-order valence-electron chi connectivity index (χ3n) is 7.52. The zero-order valence-electron chi connectivity index (χ0n) is 22.6. The summed E-state index contributed by atoms with van der Waals surface area (Å²) in [5, 5.41) is 17.8. The summed E-state index contributed by atoms with van der Waals surface area (Å²) >= 11 is 0. The molecule has 0 spiro atoms. The van der Waals surface area contributed by atoms with E-state index in [4.69, 9.17) is 5.73 Å². The number of rotatable bonds is 14. The molecule has 1 saturated heterocycles. The predicted molar refractivity (Wildman–Crippen MR) is 144 cm³/mol. The van der Waals surface area contributed by atoms with E-state index < -0.39 is 47.9 Å². The first-order valence-electron chi connectivity index (χ1n) is 13.9. The van der Waals surface area contributed by atoms with E-state index in [9.17, 15) is 29.1 Å². The molecule has 4 amide bonds. The Morgan fingerprint density at radius 3 is 2.26 bits per heavy atom. The Labute approximate surface area is 229 Å². The van der Waals surface area contributed by atoms with Gasteiger partial charge in [-0.15, -0.1) is 0 Å². The maximum atomic E-state index is 13.4. The second-order valence-electron chi connectivity index (χ2n) is 10.5. The number of benzene rings is 1. The highest BCUT2D eigenvalue weighted by atomic mass is 16.4. The van der Waals surface area contributed by atoms with Crippen molar-refractivity contribution in [1.29, 1.82) is 0 Å². The molecule has 0 bridgehead atoms. The van der Waals surface area contributed by atoms with Crippen molar-refractivity contribution in [2.75, 3.05) is 13.1 Å². The number of carbonyl (C=O) groups is 5. The van der Waals surface area contributed by atoms with Crippen LogP contribution >= 0.6 is 0 Å². The minimum atomic E-state index is -1.07. The minimum absolute atomic E-state index is 0.0923. The number of unbranched alkanes of at least 4 members (excludes halogenated alkanes) is 1. The number of aliphatic carboxylic acids is 1. The van der Waals surface area contributed by atoms with Crippen molar-refractivity contribution in [2.45, 2.75) is 88.9 Å². The van der Waals surface area contributed by atoms with Gasteiger partial charge in [0.05, 0.1) is 0 Å². The number of likely N-dealkylation sites (tertiary alicyclic amines) is 1. The van der Waals surface area contributed by atoms with Crippen LogP contribution in [-0.4, -0.2) is 76.9 Å². The smallest absolute Gasteiger partial charge is 0.326 e. The Morgan fingerprint density at radius 2 is 1.64 bits per heavy atom. The molecule has 1 aliphatic heterocycles. The van der Waals surface area contributed by atoms with Crippen LogP contribution in [-0.2, 0) is 30.4 Å². The first-order chi connectivity index (χ1) is 18.7. The molecule has 1 aromatic carbocycles. The normalized spacial score (nSPS) is 19.3. The van der Waals surface area contributed by atoms with Crippen molar-refractivity contribution < 1.29 is 29.1 Å². The molecular weight excluding hydrogens is 502 g/mol. The number of carboxylic acid groups (broad SMARTS) is 1. The summed E-state index contributed by atoms with van der Waals surface area (Å²) in [4.78, 5) is 65.2. The average Bonchev–Trinajstić information content (AvgIpc) is 3.37. The summed E-state index contributed by atoms with van der Waals surface area (Å²) in [6.45, 7) is 2.29. The van der Waals surface area contributed by atoms with Crippen LogP contribution in [0.4, 0.5) is 0 Å². The third-order valence-corrected chi connectivity index (χ3v) is 7.52. The highest BCUT2D eigenvalue weighted by molar-refractivity contribution is 5.95. The van der Waals surface area contributed by atoms with Crippen LogP contribution in [0.25, 0.3) is 0 Å². The van der Waals surface area contributed by atoms with Crippen molar-refractivity contribution in [3.8, 4) is 0 Å². The summed E-state index contributed by atoms with van der Waals surface area (Å²) in [6.07, 6.45) is 5.44. The molecule has 0 aromatic heterocycles. The summed E-state index contributed by atoms with van der Waals surface area (Å²) in [5.41, 5.74) is 6.42. The minimum Gasteiger partial charge on any atom is -0.480 e. The lowest BCUT2D eigenvalue weighted by atomic mass is 9.84. The van der Waals surface area contributed by atoms with Crippen LogP contribution < -0.4 is 21.7 Å². The fourth-order valence-corrected chi connectivity index (χ4v) is 4.96. The van der Waals surface area contributed by atoms with Crippen LogP contribution in [0.1, 0.15) is 63.9 Å². The fourth-order valence-electron chi connectivity index (χ4n) is 4.96. The van der Waals surface area contributed by atoms with Crippen LogP contribution in [0.5, 0.6) is 0 Å². The Hall–Kier alpha value is -3.47. The molecule has 11 heteroatoms. The van der Waals surface area contributed by atoms with E-state index in [-0.39, 0.29) is 18.2 Å². The van der Waals surface area contributed by atoms with Gasteiger partial charge in [-0.2, -0.15) is 0 Å². The number of nitrogens with zero attached hydrogens (tertiary/aromatic N) is 1. The number of hydrogen-bond acceptors (Lipinski definition) is 6. The Morgan fingerprint density at radius 1 is 0.949 bits per heavy atom. The van der Waals surface area contributed by atoms with E-state index in [0.717, 1.165) is 24.8 Å². The van der Waals surface area contributed by atoms with Gasteiger partial charge < -0.3 is 31.7 Å². The fraction of sp³-hybridized carbons (Fsp3) is 0.607. The first-order valence-corrected chi connectivity index (χ1v) is 13.9. The van der Waals surface area contributed by atoms with Crippen molar-refractivity contribution in [3.63, 3.8) is 0 Å². The molecule has 1 heterocycles. The molecule has 214 valence electrons. The molecule has 2 aliphatic rings. The molecule has 4 atom stereocenters. The third kappa shape index (κ3) is 8.51. The number of nitrogens with two attached hydrogens (primary N) is 1. The van der Waals surface area contributed by atoms with Crippen molar-refractivity contribution in [3.05, 3.63) is 35.9 Å². The SMILES string of the molecule is C[C@H](NC(=O)[C@H](Cc1ccccc1)NC(=O)[C@H](CCCCN)NC(=O)C1CCC1)C(=O)N1CCC[C@@H]1C(=O)O. The molecule has 1 aromatic rings. The molecule has 11 nitrogen and oxygen atoms in total. The Bertz CT molecular complexity index is 1010. The Kier molecular flexibility index (Phi) is 11.3. The quantitative estimate of drug-likeness (QED) is 0.215. The topological polar surface area (TPSA) is 171 Å². The molecule has 1 aliphatic carbocycles. The summed E-state index contributed by atoms with van der Waals surface area (Å²) in [6, 6.07) is 5.45. The van der Waals surface area contributed by atoms with Gasteiger partial charge in [-0.25, -0.2) is 4.79 Å².